The van der Waals surface area contributed by atoms with Crippen molar-refractivity contribution in [3.8, 4) is 0 Å². The third kappa shape index (κ3) is 3.25. The van der Waals surface area contributed by atoms with Crippen molar-refractivity contribution in [2.75, 3.05) is 0 Å². The first-order chi connectivity index (χ1) is 3.84. The van der Waals surface area contributed by atoms with Crippen LogP contribution in [0, 0.1) is 0 Å². The maximum Gasteiger partial charge on any atom is -0.147 e. The maximum absolute atomic E-state index is 2.23. The van der Waals surface area contributed by atoms with Crippen molar-refractivity contribution < 1.29 is 20.4 Å². The zero-order chi connectivity index (χ0) is 5.98. The van der Waals surface area contributed by atoms with Gasteiger partial charge in [-0.25, -0.2) is 0 Å². The quantitative estimate of drug-likeness (QED) is 0.588. The molecule has 3 heteroatoms. The van der Waals surface area contributed by atoms with Gasteiger partial charge in [-0.2, -0.15) is 0 Å². The monoisotopic (exact) mass is 213 g/mol. The molecular weight excluding hydrogens is 203 g/mol. The van der Waals surface area contributed by atoms with E-state index in [0.29, 0.717) is 0 Å². The minimum atomic E-state index is 0. The SMILES string of the molecule is CCC1=[C]([Ti])CC=C1.Cl.Cl. The molecule has 0 atom stereocenters. The largest absolute Gasteiger partial charge is 0.147 e. The molecule has 0 spiro atoms. The average molecular weight is 214 g/mol. The zero-order valence-electron chi connectivity index (χ0n) is 5.89. The second kappa shape index (κ2) is 6.48. The Balaban J connectivity index is 0. The van der Waals surface area contributed by atoms with Crippen LogP contribution in [0.1, 0.15) is 19.8 Å². The molecule has 0 saturated carbocycles. The van der Waals surface area contributed by atoms with Crippen molar-refractivity contribution in [1.82, 2.24) is 0 Å². The number of halogens is 2. The van der Waals surface area contributed by atoms with Crippen LogP contribution in [0.3, 0.4) is 0 Å². The van der Waals surface area contributed by atoms with Gasteiger partial charge in [0.2, 0.25) is 0 Å². The third-order valence-corrected chi connectivity index (χ3v) is 2.23. The summed E-state index contributed by atoms with van der Waals surface area (Å²) in [5.74, 6) is 0. The molecule has 0 aromatic rings. The summed E-state index contributed by atoms with van der Waals surface area (Å²) in [4.78, 5) is 0. The number of allylic oxidation sites excluding steroid dienone is 4. The van der Waals surface area contributed by atoms with Gasteiger partial charge in [0.1, 0.15) is 0 Å². The summed E-state index contributed by atoms with van der Waals surface area (Å²) in [5.41, 5.74) is 1.53. The van der Waals surface area contributed by atoms with E-state index < -0.39 is 0 Å². The summed E-state index contributed by atoms with van der Waals surface area (Å²) in [6.07, 6.45) is 6.84. The summed E-state index contributed by atoms with van der Waals surface area (Å²) in [6.45, 7) is 2.20. The molecule has 57 valence electrons. The second-order valence-corrected chi connectivity index (χ2v) is 2.91. The fourth-order valence-electron chi connectivity index (χ4n) is 0.882. The smallest absolute Gasteiger partial charge is 0.147 e. The van der Waals surface area contributed by atoms with Crippen molar-refractivity contribution in [2.24, 2.45) is 0 Å². The fraction of sp³-hybridized carbons (Fsp3) is 0.429. The van der Waals surface area contributed by atoms with Crippen LogP contribution in [0.4, 0.5) is 0 Å². The molecule has 0 unspecified atom stereocenters. The Morgan fingerprint density at radius 2 is 2.10 bits per heavy atom. The van der Waals surface area contributed by atoms with Crippen molar-refractivity contribution in [2.45, 2.75) is 19.8 Å². The molecule has 0 saturated heterocycles. The minimum absolute atomic E-state index is 0. The van der Waals surface area contributed by atoms with E-state index in [1.165, 1.54) is 18.4 Å². The van der Waals surface area contributed by atoms with Gasteiger partial charge in [-0.1, -0.05) is 0 Å². The Labute approximate surface area is 86.4 Å². The Morgan fingerprint density at radius 1 is 1.50 bits per heavy atom. The van der Waals surface area contributed by atoms with Crippen molar-refractivity contribution in [3.63, 3.8) is 0 Å². The van der Waals surface area contributed by atoms with Gasteiger partial charge in [-0.05, 0) is 0 Å². The average Bonchev–Trinajstić information content (AvgIpc) is 2.14. The molecule has 0 heterocycles. The number of hydrogen-bond donors (Lipinski definition) is 0. The first-order valence-corrected chi connectivity index (χ1v) is 3.73. The zero-order valence-corrected chi connectivity index (χ0v) is 9.08. The molecule has 0 fully saturated rings. The third-order valence-electron chi connectivity index (χ3n) is 1.41. The molecule has 1 rings (SSSR count). The van der Waals surface area contributed by atoms with Crippen molar-refractivity contribution in [3.05, 3.63) is 21.6 Å². The number of hydrogen-bond acceptors (Lipinski definition) is 0. The molecule has 1 aliphatic carbocycles. The number of rotatable bonds is 1. The van der Waals surface area contributed by atoms with Gasteiger partial charge in [-0.3, -0.25) is 0 Å². The van der Waals surface area contributed by atoms with Gasteiger partial charge in [0.05, 0.1) is 0 Å². The molecule has 0 amide bonds. The Morgan fingerprint density at radius 3 is 2.30 bits per heavy atom. The van der Waals surface area contributed by atoms with Crippen molar-refractivity contribution >= 4 is 24.8 Å². The fourth-order valence-corrected chi connectivity index (χ4v) is 1.47. The summed E-state index contributed by atoms with van der Waals surface area (Å²) in [7, 11) is 0. The van der Waals surface area contributed by atoms with E-state index in [1.54, 1.807) is 3.88 Å². The summed E-state index contributed by atoms with van der Waals surface area (Å²) in [5, 5.41) is 0. The molecular formula is C7H11Cl2Ti. The summed E-state index contributed by atoms with van der Waals surface area (Å²) >= 11 is 2.21. The van der Waals surface area contributed by atoms with Crippen LogP contribution >= 0.6 is 24.8 Å². The summed E-state index contributed by atoms with van der Waals surface area (Å²) < 4.78 is 1.55. The maximum atomic E-state index is 2.23. The van der Waals surface area contributed by atoms with E-state index in [0.717, 1.165) is 0 Å². The van der Waals surface area contributed by atoms with Crippen LogP contribution in [0.15, 0.2) is 21.6 Å². The first kappa shape index (κ1) is 13.4. The van der Waals surface area contributed by atoms with Crippen molar-refractivity contribution in [1.29, 1.82) is 0 Å². The van der Waals surface area contributed by atoms with E-state index in [9.17, 15) is 0 Å². The van der Waals surface area contributed by atoms with E-state index in [-0.39, 0.29) is 24.8 Å². The van der Waals surface area contributed by atoms with Gasteiger partial charge < -0.3 is 0 Å². The van der Waals surface area contributed by atoms with Crippen LogP contribution < -0.4 is 0 Å². The van der Waals surface area contributed by atoms with E-state index in [2.05, 4.69) is 39.5 Å². The summed E-state index contributed by atoms with van der Waals surface area (Å²) in [6, 6.07) is 0. The van der Waals surface area contributed by atoms with Crippen LogP contribution in [0.2, 0.25) is 0 Å². The normalized spacial score (nSPS) is 14.4. The molecule has 0 nitrogen and oxygen atoms in total. The van der Waals surface area contributed by atoms with Gasteiger partial charge in [-0.15, -0.1) is 24.8 Å². The molecule has 10 heavy (non-hydrogen) atoms. The van der Waals surface area contributed by atoms with Crippen LogP contribution in [0.25, 0.3) is 0 Å². The Kier molecular flexibility index (Phi) is 8.67. The van der Waals surface area contributed by atoms with Gasteiger partial charge in [0.15, 0.2) is 0 Å². The molecule has 1 aliphatic rings. The molecule has 0 radical (unpaired) electrons. The van der Waals surface area contributed by atoms with Crippen LogP contribution in [-0.4, -0.2) is 0 Å². The Hall–Kier alpha value is 0.774. The Bertz CT molecular complexity index is 150. The molecule has 0 aromatic carbocycles. The molecule has 0 bridgehead atoms. The van der Waals surface area contributed by atoms with Gasteiger partial charge >= 0.3 is 61.8 Å². The minimum Gasteiger partial charge on any atom is -0.147 e. The molecule has 0 aromatic heterocycles. The second-order valence-electron chi connectivity index (χ2n) is 1.96. The molecule has 0 N–H and O–H groups in total. The van der Waals surface area contributed by atoms with E-state index >= 15 is 0 Å². The molecule has 0 aliphatic heterocycles. The predicted molar refractivity (Wildman–Crippen MR) is 45.6 cm³/mol. The van der Waals surface area contributed by atoms with Gasteiger partial charge in [0, 0.05) is 0 Å². The first-order valence-electron chi connectivity index (χ1n) is 2.94. The van der Waals surface area contributed by atoms with Crippen LogP contribution in [0.5, 0.6) is 0 Å². The van der Waals surface area contributed by atoms with E-state index in [1.807, 2.05) is 0 Å². The standard InChI is InChI=1S/C7H9.2ClH.Ti/c1-2-7-5-3-4-6-7;;;/h3,5H,2,4H2,1H3;2*1H;. The van der Waals surface area contributed by atoms with E-state index in [4.69, 9.17) is 0 Å². The topological polar surface area (TPSA) is 0 Å². The predicted octanol–water partition coefficient (Wildman–Crippen LogP) is 3.00. The van der Waals surface area contributed by atoms with Crippen LogP contribution in [-0.2, 0) is 20.4 Å². The van der Waals surface area contributed by atoms with Gasteiger partial charge in [0.25, 0.3) is 0 Å².